The third-order valence-corrected chi connectivity index (χ3v) is 4.54. The largest absolute Gasteiger partial charge is 0.389 e. The van der Waals surface area contributed by atoms with E-state index >= 15 is 0 Å². The predicted octanol–water partition coefficient (Wildman–Crippen LogP) is 1.99. The average Bonchev–Trinajstić information content (AvgIpc) is 2.61. The predicted molar refractivity (Wildman–Crippen MR) is 94.6 cm³/mol. The number of benzene rings is 1. The van der Waals surface area contributed by atoms with Crippen molar-refractivity contribution < 1.29 is 9.84 Å². The van der Waals surface area contributed by atoms with Crippen LogP contribution in [0.15, 0.2) is 30.3 Å². The highest BCUT2D eigenvalue weighted by atomic mass is 16.5. The zero-order chi connectivity index (χ0) is 16.7. The lowest BCUT2D eigenvalue weighted by Gasteiger charge is -2.37. The van der Waals surface area contributed by atoms with Crippen LogP contribution < -0.4 is 4.90 Å². The molecule has 1 aliphatic rings. The molecule has 2 rings (SSSR count). The minimum absolute atomic E-state index is 0.285. The summed E-state index contributed by atoms with van der Waals surface area (Å²) < 4.78 is 5.70. The number of rotatable bonds is 7. The minimum Gasteiger partial charge on any atom is -0.389 e. The van der Waals surface area contributed by atoms with Crippen LogP contribution in [0.4, 0.5) is 5.69 Å². The standard InChI is InChI=1S/C19H28N2O2/c1-4-19(3,5-2)23-16-18(22)15-20-11-13-21(14-12-20)17-9-7-6-8-10-17/h1,6-10,18,22H,5,11-16H2,2-3H3/t18-,19+/m0/s1. The highest BCUT2D eigenvalue weighted by molar-refractivity contribution is 5.46. The highest BCUT2D eigenvalue weighted by Crippen LogP contribution is 2.16. The maximum atomic E-state index is 10.2. The number of ether oxygens (including phenoxy) is 1. The van der Waals surface area contributed by atoms with Crippen LogP contribution in [0, 0.1) is 12.3 Å². The Morgan fingerprint density at radius 2 is 1.91 bits per heavy atom. The van der Waals surface area contributed by atoms with Gasteiger partial charge in [0.25, 0.3) is 0 Å². The van der Waals surface area contributed by atoms with E-state index in [2.05, 4.69) is 40.0 Å². The average molecular weight is 316 g/mol. The Balaban J connectivity index is 1.73. The van der Waals surface area contributed by atoms with Gasteiger partial charge >= 0.3 is 0 Å². The number of hydrogen-bond acceptors (Lipinski definition) is 4. The molecule has 4 heteroatoms. The summed E-state index contributed by atoms with van der Waals surface area (Å²) in [4.78, 5) is 4.67. The summed E-state index contributed by atoms with van der Waals surface area (Å²) in [5.41, 5.74) is 0.691. The molecule has 23 heavy (non-hydrogen) atoms. The van der Waals surface area contributed by atoms with Gasteiger partial charge in [0.05, 0.1) is 12.7 Å². The lowest BCUT2D eigenvalue weighted by molar-refractivity contribution is -0.0473. The SMILES string of the molecule is C#C[C@](C)(CC)OC[C@@H](O)CN1CCN(c2ccccc2)CC1. The molecular weight excluding hydrogens is 288 g/mol. The second-order valence-electron chi connectivity index (χ2n) is 6.32. The molecule has 2 atom stereocenters. The van der Waals surface area contributed by atoms with Crippen molar-refractivity contribution in [3.63, 3.8) is 0 Å². The van der Waals surface area contributed by atoms with Crippen LogP contribution in [-0.2, 0) is 4.74 Å². The first-order valence-corrected chi connectivity index (χ1v) is 8.38. The van der Waals surface area contributed by atoms with Gasteiger partial charge in [-0.05, 0) is 25.5 Å². The number of nitrogens with zero attached hydrogens (tertiary/aromatic N) is 2. The van der Waals surface area contributed by atoms with Crippen LogP contribution in [0.5, 0.6) is 0 Å². The van der Waals surface area contributed by atoms with E-state index in [1.807, 2.05) is 19.9 Å². The molecule has 0 radical (unpaired) electrons. The molecule has 0 saturated carbocycles. The fourth-order valence-corrected chi connectivity index (χ4v) is 2.70. The Morgan fingerprint density at radius 3 is 2.48 bits per heavy atom. The Hall–Kier alpha value is -1.54. The van der Waals surface area contributed by atoms with Crippen molar-refractivity contribution in [2.75, 3.05) is 44.2 Å². The molecular formula is C19H28N2O2. The van der Waals surface area contributed by atoms with Crippen molar-refractivity contribution in [1.29, 1.82) is 0 Å². The van der Waals surface area contributed by atoms with Gasteiger partial charge in [-0.15, -0.1) is 6.42 Å². The van der Waals surface area contributed by atoms with Crippen LogP contribution in [0.3, 0.4) is 0 Å². The molecule has 0 aromatic heterocycles. The molecule has 0 amide bonds. The molecule has 0 bridgehead atoms. The first-order valence-electron chi connectivity index (χ1n) is 8.38. The molecule has 1 aromatic carbocycles. The molecule has 0 unspecified atom stereocenters. The first kappa shape index (κ1) is 17.8. The maximum Gasteiger partial charge on any atom is 0.125 e. The molecule has 1 N–H and O–H groups in total. The lowest BCUT2D eigenvalue weighted by Crippen LogP contribution is -2.49. The van der Waals surface area contributed by atoms with Gasteiger partial charge in [0.1, 0.15) is 5.60 Å². The zero-order valence-electron chi connectivity index (χ0n) is 14.2. The fourth-order valence-electron chi connectivity index (χ4n) is 2.70. The lowest BCUT2D eigenvalue weighted by atomic mass is 10.1. The molecule has 0 aliphatic carbocycles. The normalized spacial score (nSPS) is 19.8. The van der Waals surface area contributed by atoms with Crippen LogP contribution in [0.2, 0.25) is 0 Å². The van der Waals surface area contributed by atoms with Crippen LogP contribution in [0.1, 0.15) is 20.3 Å². The summed E-state index contributed by atoms with van der Waals surface area (Å²) >= 11 is 0. The fraction of sp³-hybridized carbons (Fsp3) is 0.579. The molecule has 4 nitrogen and oxygen atoms in total. The van der Waals surface area contributed by atoms with E-state index in [4.69, 9.17) is 11.2 Å². The highest BCUT2D eigenvalue weighted by Gasteiger charge is 2.23. The van der Waals surface area contributed by atoms with E-state index in [-0.39, 0.29) is 6.61 Å². The van der Waals surface area contributed by atoms with Gasteiger partial charge in [-0.3, -0.25) is 4.90 Å². The summed E-state index contributed by atoms with van der Waals surface area (Å²) in [6, 6.07) is 10.5. The summed E-state index contributed by atoms with van der Waals surface area (Å²) in [6.45, 7) is 8.66. The number of piperazine rings is 1. The van der Waals surface area contributed by atoms with E-state index in [0.29, 0.717) is 6.54 Å². The van der Waals surface area contributed by atoms with Crippen LogP contribution in [-0.4, -0.2) is 61.0 Å². The van der Waals surface area contributed by atoms with Gasteiger partial charge < -0.3 is 14.7 Å². The Bertz CT molecular complexity index is 506. The van der Waals surface area contributed by atoms with Crippen LogP contribution in [0.25, 0.3) is 0 Å². The van der Waals surface area contributed by atoms with E-state index in [0.717, 1.165) is 32.6 Å². The van der Waals surface area contributed by atoms with Gasteiger partial charge in [0.15, 0.2) is 0 Å². The van der Waals surface area contributed by atoms with E-state index < -0.39 is 11.7 Å². The number of aliphatic hydroxyl groups is 1. The van der Waals surface area contributed by atoms with Gasteiger partial charge in [-0.25, -0.2) is 0 Å². The third kappa shape index (κ3) is 5.24. The Labute approximate surface area is 140 Å². The summed E-state index contributed by atoms with van der Waals surface area (Å²) in [7, 11) is 0. The Morgan fingerprint density at radius 1 is 1.26 bits per heavy atom. The molecule has 126 valence electrons. The smallest absolute Gasteiger partial charge is 0.125 e. The van der Waals surface area contributed by atoms with Crippen molar-refractivity contribution in [2.24, 2.45) is 0 Å². The number of terminal acetylenes is 1. The van der Waals surface area contributed by atoms with Crippen molar-refractivity contribution in [3.8, 4) is 12.3 Å². The van der Waals surface area contributed by atoms with E-state index in [1.165, 1.54) is 5.69 Å². The molecule has 0 spiro atoms. The van der Waals surface area contributed by atoms with Crippen molar-refractivity contribution in [3.05, 3.63) is 30.3 Å². The molecule has 1 heterocycles. The number of β-amino-alcohol motifs (C(OH)–C–C–N with tert-alkyl or cyclic N) is 1. The quantitative estimate of drug-likeness (QED) is 0.781. The zero-order valence-corrected chi connectivity index (χ0v) is 14.2. The second kappa shape index (κ2) is 8.35. The number of aliphatic hydroxyl groups excluding tert-OH is 1. The monoisotopic (exact) mass is 316 g/mol. The maximum absolute atomic E-state index is 10.2. The third-order valence-electron chi connectivity index (χ3n) is 4.54. The first-order chi connectivity index (χ1) is 11.1. The molecule has 1 aromatic rings. The van der Waals surface area contributed by atoms with Gasteiger partial charge in [-0.1, -0.05) is 31.0 Å². The topological polar surface area (TPSA) is 35.9 Å². The van der Waals surface area contributed by atoms with Gasteiger partial charge in [0, 0.05) is 38.4 Å². The number of para-hydroxylation sites is 1. The van der Waals surface area contributed by atoms with Crippen molar-refractivity contribution in [2.45, 2.75) is 32.0 Å². The van der Waals surface area contributed by atoms with E-state index in [1.54, 1.807) is 0 Å². The summed E-state index contributed by atoms with van der Waals surface area (Å²) in [5, 5.41) is 10.2. The van der Waals surface area contributed by atoms with Crippen molar-refractivity contribution >= 4 is 5.69 Å². The minimum atomic E-state index is -0.576. The van der Waals surface area contributed by atoms with Crippen molar-refractivity contribution in [1.82, 2.24) is 4.90 Å². The van der Waals surface area contributed by atoms with Gasteiger partial charge in [0.2, 0.25) is 0 Å². The summed E-state index contributed by atoms with van der Waals surface area (Å²) in [6.07, 6.45) is 5.73. The molecule has 1 aliphatic heterocycles. The van der Waals surface area contributed by atoms with Crippen LogP contribution >= 0.6 is 0 Å². The van der Waals surface area contributed by atoms with E-state index in [9.17, 15) is 5.11 Å². The second-order valence-corrected chi connectivity index (χ2v) is 6.32. The molecule has 1 fully saturated rings. The summed E-state index contributed by atoms with van der Waals surface area (Å²) in [5.74, 6) is 2.66. The van der Waals surface area contributed by atoms with Gasteiger partial charge in [-0.2, -0.15) is 0 Å². The number of hydrogen-bond donors (Lipinski definition) is 1. The Kier molecular flexibility index (Phi) is 6.47. The molecule has 1 saturated heterocycles. The number of anilines is 1.